The summed E-state index contributed by atoms with van der Waals surface area (Å²) in [4.78, 5) is 0. The van der Waals surface area contributed by atoms with Gasteiger partial charge in [0.15, 0.2) is 5.82 Å². The van der Waals surface area contributed by atoms with Crippen molar-refractivity contribution < 1.29 is 4.52 Å². The Balaban J connectivity index is 2.09. The van der Waals surface area contributed by atoms with Crippen LogP contribution >= 0.6 is 23.2 Å². The van der Waals surface area contributed by atoms with Crippen molar-refractivity contribution in [2.24, 2.45) is 0 Å². The van der Waals surface area contributed by atoms with Crippen molar-refractivity contribution in [3.8, 4) is 11.1 Å². The van der Waals surface area contributed by atoms with Crippen LogP contribution in [0.2, 0.25) is 10.0 Å². The zero-order chi connectivity index (χ0) is 12.7. The third-order valence-electron chi connectivity index (χ3n) is 3.43. The fraction of sp³-hybridized carbons (Fsp3) is 0.308. The maximum atomic E-state index is 6.04. The number of nitrogen functional groups attached to an aromatic ring is 1. The molecule has 0 saturated heterocycles. The molecule has 0 bridgehead atoms. The number of anilines is 1. The van der Waals surface area contributed by atoms with E-state index in [2.05, 4.69) is 5.16 Å². The number of hydrogen-bond donors (Lipinski definition) is 1. The molecule has 1 aliphatic carbocycles. The molecule has 0 spiro atoms. The number of nitrogens with zero attached hydrogens (tertiary/aromatic N) is 1. The molecule has 0 unspecified atom stereocenters. The number of nitrogens with two attached hydrogens (primary N) is 1. The van der Waals surface area contributed by atoms with Crippen LogP contribution in [-0.2, 0) is 0 Å². The van der Waals surface area contributed by atoms with Gasteiger partial charge >= 0.3 is 0 Å². The monoisotopic (exact) mass is 282 g/mol. The van der Waals surface area contributed by atoms with Crippen LogP contribution in [0.15, 0.2) is 22.7 Å². The molecular weight excluding hydrogens is 271 g/mol. The van der Waals surface area contributed by atoms with Crippen LogP contribution in [0.5, 0.6) is 0 Å². The van der Waals surface area contributed by atoms with Crippen LogP contribution in [0.4, 0.5) is 5.82 Å². The van der Waals surface area contributed by atoms with E-state index in [1.807, 2.05) is 6.07 Å². The van der Waals surface area contributed by atoms with E-state index in [1.165, 1.54) is 6.42 Å². The number of hydrogen-bond acceptors (Lipinski definition) is 3. The van der Waals surface area contributed by atoms with Gasteiger partial charge in [-0.25, -0.2) is 0 Å². The second kappa shape index (κ2) is 4.48. The topological polar surface area (TPSA) is 52.0 Å². The van der Waals surface area contributed by atoms with E-state index < -0.39 is 0 Å². The number of aromatic nitrogens is 1. The Morgan fingerprint density at radius 3 is 2.61 bits per heavy atom. The maximum absolute atomic E-state index is 6.04. The first-order chi connectivity index (χ1) is 8.66. The highest BCUT2D eigenvalue weighted by molar-refractivity contribution is 6.42. The zero-order valence-electron chi connectivity index (χ0n) is 9.62. The summed E-state index contributed by atoms with van der Waals surface area (Å²) in [5, 5.41) is 4.91. The average molecular weight is 283 g/mol. The van der Waals surface area contributed by atoms with Crippen LogP contribution in [0.25, 0.3) is 11.1 Å². The minimum atomic E-state index is 0.412. The van der Waals surface area contributed by atoms with Gasteiger partial charge in [-0.15, -0.1) is 0 Å². The quantitative estimate of drug-likeness (QED) is 0.882. The molecule has 1 aliphatic rings. The SMILES string of the molecule is Nc1noc(C2CCC2)c1-c1ccc(Cl)c(Cl)c1. The largest absolute Gasteiger partial charge is 0.380 e. The molecule has 5 heteroatoms. The highest BCUT2D eigenvalue weighted by Crippen LogP contribution is 2.44. The first kappa shape index (κ1) is 11.9. The lowest BCUT2D eigenvalue weighted by atomic mass is 9.81. The molecule has 3 nitrogen and oxygen atoms in total. The van der Waals surface area contributed by atoms with Gasteiger partial charge in [0.25, 0.3) is 0 Å². The minimum Gasteiger partial charge on any atom is -0.380 e. The molecule has 18 heavy (non-hydrogen) atoms. The molecule has 0 amide bonds. The fourth-order valence-corrected chi connectivity index (χ4v) is 2.50. The Morgan fingerprint density at radius 1 is 1.22 bits per heavy atom. The molecule has 1 aromatic heterocycles. The fourth-order valence-electron chi connectivity index (χ4n) is 2.21. The van der Waals surface area contributed by atoms with Gasteiger partial charge in [0.1, 0.15) is 5.76 Å². The molecule has 2 N–H and O–H groups in total. The Kier molecular flexibility index (Phi) is 2.96. The highest BCUT2D eigenvalue weighted by Gasteiger charge is 2.28. The van der Waals surface area contributed by atoms with Crippen LogP contribution < -0.4 is 5.73 Å². The van der Waals surface area contributed by atoms with Gasteiger partial charge in [0, 0.05) is 5.92 Å². The summed E-state index contributed by atoms with van der Waals surface area (Å²) in [5.74, 6) is 1.71. The Hall–Kier alpha value is -1.19. The summed E-state index contributed by atoms with van der Waals surface area (Å²) in [6.45, 7) is 0. The molecule has 94 valence electrons. The van der Waals surface area contributed by atoms with E-state index in [4.69, 9.17) is 33.5 Å². The van der Waals surface area contributed by atoms with E-state index in [0.29, 0.717) is 21.8 Å². The molecule has 2 aromatic rings. The van der Waals surface area contributed by atoms with Crippen LogP contribution in [-0.4, -0.2) is 5.16 Å². The van der Waals surface area contributed by atoms with Gasteiger partial charge < -0.3 is 10.3 Å². The van der Waals surface area contributed by atoms with Crippen molar-refractivity contribution in [1.82, 2.24) is 5.16 Å². The minimum absolute atomic E-state index is 0.412. The van der Waals surface area contributed by atoms with E-state index in [-0.39, 0.29) is 0 Å². The van der Waals surface area contributed by atoms with Crippen LogP contribution in [0.1, 0.15) is 30.9 Å². The van der Waals surface area contributed by atoms with Gasteiger partial charge in [-0.1, -0.05) is 40.8 Å². The summed E-state index contributed by atoms with van der Waals surface area (Å²) in [7, 11) is 0. The normalized spacial score (nSPS) is 15.7. The summed E-state index contributed by atoms with van der Waals surface area (Å²) in [5.41, 5.74) is 7.66. The van der Waals surface area contributed by atoms with Gasteiger partial charge in [-0.2, -0.15) is 0 Å². The summed E-state index contributed by atoms with van der Waals surface area (Å²) < 4.78 is 5.37. The van der Waals surface area contributed by atoms with Gasteiger partial charge in [0.05, 0.1) is 15.6 Å². The first-order valence-corrected chi connectivity index (χ1v) is 6.63. The Labute approximate surface area is 115 Å². The third kappa shape index (κ3) is 1.88. The average Bonchev–Trinajstić information content (AvgIpc) is 2.62. The lowest BCUT2D eigenvalue weighted by Gasteiger charge is -2.23. The van der Waals surface area contributed by atoms with E-state index in [1.54, 1.807) is 12.1 Å². The predicted molar refractivity (Wildman–Crippen MR) is 73.0 cm³/mol. The molecule has 3 rings (SSSR count). The van der Waals surface area contributed by atoms with Gasteiger partial charge in [0.2, 0.25) is 0 Å². The standard InChI is InChI=1S/C13H12Cl2N2O/c14-9-5-4-8(6-10(9)15)11-12(7-2-1-3-7)18-17-13(11)16/h4-7H,1-3H2,(H2,16,17). The number of benzene rings is 1. The highest BCUT2D eigenvalue weighted by atomic mass is 35.5. The van der Waals surface area contributed by atoms with Crippen molar-refractivity contribution >= 4 is 29.0 Å². The lowest BCUT2D eigenvalue weighted by molar-refractivity contribution is 0.302. The van der Waals surface area contributed by atoms with E-state index in [9.17, 15) is 0 Å². The third-order valence-corrected chi connectivity index (χ3v) is 4.17. The molecule has 1 fully saturated rings. The number of rotatable bonds is 2. The van der Waals surface area contributed by atoms with Gasteiger partial charge in [-0.05, 0) is 30.5 Å². The second-order valence-corrected chi connectivity index (χ2v) is 5.38. The van der Waals surface area contributed by atoms with Crippen molar-refractivity contribution in [3.63, 3.8) is 0 Å². The van der Waals surface area contributed by atoms with Crippen molar-refractivity contribution in [2.75, 3.05) is 5.73 Å². The molecule has 0 radical (unpaired) electrons. The van der Waals surface area contributed by atoms with Crippen molar-refractivity contribution in [3.05, 3.63) is 34.0 Å². The van der Waals surface area contributed by atoms with Crippen LogP contribution in [0.3, 0.4) is 0 Å². The maximum Gasteiger partial charge on any atom is 0.175 e. The molecular formula is C13H12Cl2N2O. The van der Waals surface area contributed by atoms with Crippen molar-refractivity contribution in [1.29, 1.82) is 0 Å². The summed E-state index contributed by atoms with van der Waals surface area (Å²) >= 11 is 12.0. The van der Waals surface area contributed by atoms with E-state index in [0.717, 1.165) is 29.7 Å². The van der Waals surface area contributed by atoms with Crippen LogP contribution in [0, 0.1) is 0 Å². The molecule has 1 saturated carbocycles. The number of halogens is 2. The molecule has 0 aliphatic heterocycles. The molecule has 1 aromatic carbocycles. The predicted octanol–water partition coefficient (Wildman–Crippen LogP) is 4.50. The van der Waals surface area contributed by atoms with E-state index >= 15 is 0 Å². The lowest BCUT2D eigenvalue weighted by Crippen LogP contribution is -2.08. The smallest absolute Gasteiger partial charge is 0.175 e. The Morgan fingerprint density at radius 2 is 2.00 bits per heavy atom. The van der Waals surface area contributed by atoms with Gasteiger partial charge in [-0.3, -0.25) is 0 Å². The first-order valence-electron chi connectivity index (χ1n) is 5.87. The summed E-state index contributed by atoms with van der Waals surface area (Å²) in [6.07, 6.45) is 3.48. The summed E-state index contributed by atoms with van der Waals surface area (Å²) in [6, 6.07) is 5.45. The zero-order valence-corrected chi connectivity index (χ0v) is 11.1. The molecule has 0 atom stereocenters. The Bertz CT molecular complexity index is 591. The molecule has 1 heterocycles. The van der Waals surface area contributed by atoms with Crippen molar-refractivity contribution in [2.45, 2.75) is 25.2 Å². The second-order valence-electron chi connectivity index (χ2n) is 4.56.